The number of nitrogens with zero attached hydrogens (tertiary/aromatic N) is 3. The molecule has 102 valence electrons. The first-order valence-electron chi connectivity index (χ1n) is 6.50. The SMILES string of the molecule is Cc1cccc(NCc2cn(CCCO)nn2)c1C. The molecule has 0 aliphatic heterocycles. The van der Waals surface area contributed by atoms with E-state index in [2.05, 4.69) is 41.6 Å². The van der Waals surface area contributed by atoms with Crippen molar-refractivity contribution in [3.63, 3.8) is 0 Å². The molecule has 0 radical (unpaired) electrons. The van der Waals surface area contributed by atoms with E-state index in [1.165, 1.54) is 11.1 Å². The molecule has 0 atom stereocenters. The Kier molecular flexibility index (Phi) is 4.52. The van der Waals surface area contributed by atoms with Crippen LogP contribution in [0.1, 0.15) is 23.2 Å². The van der Waals surface area contributed by atoms with Crippen LogP contribution in [0.15, 0.2) is 24.4 Å². The van der Waals surface area contributed by atoms with Crippen LogP contribution in [0, 0.1) is 13.8 Å². The van der Waals surface area contributed by atoms with Gasteiger partial charge in [0.25, 0.3) is 0 Å². The standard InChI is InChI=1S/C14H20N4O/c1-11-5-3-6-14(12(11)2)15-9-13-10-18(17-16-13)7-4-8-19/h3,5-6,10,15,19H,4,7-9H2,1-2H3. The number of aromatic nitrogens is 3. The Bertz CT molecular complexity index is 536. The Morgan fingerprint density at radius 1 is 1.32 bits per heavy atom. The topological polar surface area (TPSA) is 63.0 Å². The van der Waals surface area contributed by atoms with Crippen LogP contribution in [-0.4, -0.2) is 26.7 Å². The van der Waals surface area contributed by atoms with Crippen LogP contribution in [-0.2, 0) is 13.1 Å². The molecule has 5 nitrogen and oxygen atoms in total. The lowest BCUT2D eigenvalue weighted by Crippen LogP contribution is -2.02. The van der Waals surface area contributed by atoms with Crippen LogP contribution < -0.4 is 5.32 Å². The summed E-state index contributed by atoms with van der Waals surface area (Å²) in [6.45, 7) is 5.74. The zero-order valence-corrected chi connectivity index (χ0v) is 11.4. The van der Waals surface area contributed by atoms with Crippen molar-refractivity contribution in [2.45, 2.75) is 33.4 Å². The molecule has 1 heterocycles. The first-order chi connectivity index (χ1) is 9.20. The minimum absolute atomic E-state index is 0.177. The highest BCUT2D eigenvalue weighted by molar-refractivity contribution is 5.53. The van der Waals surface area contributed by atoms with E-state index >= 15 is 0 Å². The average Bonchev–Trinajstić information content (AvgIpc) is 2.86. The highest BCUT2D eigenvalue weighted by atomic mass is 16.3. The van der Waals surface area contributed by atoms with Crippen LogP contribution in [0.5, 0.6) is 0 Å². The molecule has 0 fully saturated rings. The predicted octanol–water partition coefficient (Wildman–Crippen LogP) is 1.89. The molecule has 1 aromatic heterocycles. The van der Waals surface area contributed by atoms with Gasteiger partial charge in [0.15, 0.2) is 0 Å². The summed E-state index contributed by atoms with van der Waals surface area (Å²) in [6, 6.07) is 6.22. The number of hydrogen-bond acceptors (Lipinski definition) is 4. The summed E-state index contributed by atoms with van der Waals surface area (Å²) >= 11 is 0. The van der Waals surface area contributed by atoms with Gasteiger partial charge in [-0.3, -0.25) is 4.68 Å². The number of aliphatic hydroxyl groups excluding tert-OH is 1. The Labute approximate surface area is 113 Å². The summed E-state index contributed by atoms with van der Waals surface area (Å²) < 4.78 is 1.76. The second-order valence-electron chi connectivity index (χ2n) is 4.65. The number of anilines is 1. The number of hydrogen-bond donors (Lipinski definition) is 2. The van der Waals surface area contributed by atoms with Gasteiger partial charge in [-0.1, -0.05) is 17.3 Å². The predicted molar refractivity (Wildman–Crippen MR) is 75.0 cm³/mol. The molecule has 0 amide bonds. The molecule has 0 bridgehead atoms. The lowest BCUT2D eigenvalue weighted by molar-refractivity contribution is 0.276. The fraction of sp³-hybridized carbons (Fsp3) is 0.429. The molecule has 1 aromatic carbocycles. The van der Waals surface area contributed by atoms with Gasteiger partial charge < -0.3 is 10.4 Å². The van der Waals surface area contributed by atoms with Gasteiger partial charge in [-0.2, -0.15) is 0 Å². The number of rotatable bonds is 6. The zero-order chi connectivity index (χ0) is 13.7. The van der Waals surface area contributed by atoms with Crippen LogP contribution in [0.2, 0.25) is 0 Å². The van der Waals surface area contributed by atoms with E-state index in [0.717, 1.165) is 11.4 Å². The van der Waals surface area contributed by atoms with Crippen LogP contribution >= 0.6 is 0 Å². The lowest BCUT2D eigenvalue weighted by Gasteiger charge is -2.09. The molecule has 0 aliphatic rings. The molecule has 2 rings (SSSR count). The monoisotopic (exact) mass is 260 g/mol. The Balaban J connectivity index is 1.95. The third-order valence-corrected chi connectivity index (χ3v) is 3.20. The maximum Gasteiger partial charge on any atom is 0.102 e. The zero-order valence-electron chi connectivity index (χ0n) is 11.4. The van der Waals surface area contributed by atoms with Gasteiger partial charge in [0.05, 0.1) is 12.7 Å². The molecular weight excluding hydrogens is 240 g/mol. The summed E-state index contributed by atoms with van der Waals surface area (Å²) in [5, 5.41) is 20.3. The molecule has 0 saturated carbocycles. The van der Waals surface area contributed by atoms with Gasteiger partial charge in [-0.05, 0) is 37.5 Å². The third-order valence-electron chi connectivity index (χ3n) is 3.20. The molecular formula is C14H20N4O. The van der Waals surface area contributed by atoms with E-state index in [0.29, 0.717) is 19.5 Å². The summed E-state index contributed by atoms with van der Waals surface area (Å²) in [5.74, 6) is 0. The van der Waals surface area contributed by atoms with E-state index in [1.807, 2.05) is 12.3 Å². The number of nitrogens with one attached hydrogen (secondary N) is 1. The summed E-state index contributed by atoms with van der Waals surface area (Å²) in [5.41, 5.74) is 4.57. The van der Waals surface area contributed by atoms with Crippen LogP contribution in [0.3, 0.4) is 0 Å². The van der Waals surface area contributed by atoms with Crippen molar-refractivity contribution in [1.82, 2.24) is 15.0 Å². The van der Waals surface area contributed by atoms with E-state index in [9.17, 15) is 0 Å². The van der Waals surface area contributed by atoms with Crippen molar-refractivity contribution in [1.29, 1.82) is 0 Å². The van der Waals surface area contributed by atoms with Gasteiger partial charge in [0.2, 0.25) is 0 Å². The summed E-state index contributed by atoms with van der Waals surface area (Å²) in [7, 11) is 0. The second kappa shape index (κ2) is 6.33. The van der Waals surface area contributed by atoms with Gasteiger partial charge in [0, 0.05) is 18.8 Å². The molecule has 2 aromatic rings. The normalized spacial score (nSPS) is 10.7. The van der Waals surface area contributed by atoms with Crippen molar-refractivity contribution in [2.24, 2.45) is 0 Å². The number of aliphatic hydroxyl groups is 1. The maximum atomic E-state index is 8.77. The van der Waals surface area contributed by atoms with E-state index in [4.69, 9.17) is 5.11 Å². The minimum atomic E-state index is 0.177. The minimum Gasteiger partial charge on any atom is -0.396 e. The molecule has 5 heteroatoms. The highest BCUT2D eigenvalue weighted by Gasteiger charge is 2.03. The Morgan fingerprint density at radius 3 is 2.95 bits per heavy atom. The van der Waals surface area contributed by atoms with E-state index in [-0.39, 0.29) is 6.61 Å². The van der Waals surface area contributed by atoms with Gasteiger partial charge >= 0.3 is 0 Å². The first-order valence-corrected chi connectivity index (χ1v) is 6.50. The van der Waals surface area contributed by atoms with Gasteiger partial charge in [-0.25, -0.2) is 0 Å². The van der Waals surface area contributed by atoms with Gasteiger partial charge in [-0.15, -0.1) is 5.10 Å². The fourth-order valence-electron chi connectivity index (χ4n) is 1.89. The Morgan fingerprint density at radius 2 is 2.16 bits per heavy atom. The quantitative estimate of drug-likeness (QED) is 0.832. The van der Waals surface area contributed by atoms with E-state index in [1.54, 1.807) is 4.68 Å². The smallest absolute Gasteiger partial charge is 0.102 e. The van der Waals surface area contributed by atoms with Gasteiger partial charge in [0.1, 0.15) is 5.69 Å². The second-order valence-corrected chi connectivity index (χ2v) is 4.65. The highest BCUT2D eigenvalue weighted by Crippen LogP contribution is 2.18. The van der Waals surface area contributed by atoms with Crippen molar-refractivity contribution in [3.8, 4) is 0 Å². The first kappa shape index (κ1) is 13.5. The largest absolute Gasteiger partial charge is 0.396 e. The van der Waals surface area contributed by atoms with Crippen LogP contribution in [0.4, 0.5) is 5.69 Å². The molecule has 0 spiro atoms. The number of benzene rings is 1. The van der Waals surface area contributed by atoms with Crippen molar-refractivity contribution in [3.05, 3.63) is 41.2 Å². The van der Waals surface area contributed by atoms with E-state index < -0.39 is 0 Å². The summed E-state index contributed by atoms with van der Waals surface area (Å²) in [6.07, 6.45) is 2.61. The van der Waals surface area contributed by atoms with Crippen molar-refractivity contribution < 1.29 is 5.11 Å². The van der Waals surface area contributed by atoms with Crippen LogP contribution in [0.25, 0.3) is 0 Å². The molecule has 2 N–H and O–H groups in total. The molecule has 19 heavy (non-hydrogen) atoms. The summed E-state index contributed by atoms with van der Waals surface area (Å²) in [4.78, 5) is 0. The third kappa shape index (κ3) is 3.54. The maximum absolute atomic E-state index is 8.77. The van der Waals surface area contributed by atoms with Crippen molar-refractivity contribution >= 4 is 5.69 Å². The van der Waals surface area contributed by atoms with Crippen molar-refractivity contribution in [2.75, 3.05) is 11.9 Å². The molecule has 0 unspecified atom stereocenters. The number of aryl methyl sites for hydroxylation is 2. The Hall–Kier alpha value is -1.88. The average molecular weight is 260 g/mol. The lowest BCUT2D eigenvalue weighted by atomic mass is 10.1. The fourth-order valence-corrected chi connectivity index (χ4v) is 1.89. The molecule has 0 saturated heterocycles. The molecule has 0 aliphatic carbocycles.